The number of methoxy groups -OCH3 is 1. The van der Waals surface area contributed by atoms with Crippen LogP contribution in [-0.4, -0.2) is 13.7 Å². The predicted octanol–water partition coefficient (Wildman–Crippen LogP) is 3.38. The van der Waals surface area contributed by atoms with Gasteiger partial charge >= 0.3 is 0 Å². The van der Waals surface area contributed by atoms with Gasteiger partial charge in [-0.15, -0.1) is 0 Å². The van der Waals surface area contributed by atoms with Crippen LogP contribution in [0, 0.1) is 0 Å². The Balaban J connectivity index is 1.95. The Bertz CT molecular complexity index is 540. The molecule has 3 nitrogen and oxygen atoms in total. The number of hydrogen-bond donors (Lipinski definition) is 1. The summed E-state index contributed by atoms with van der Waals surface area (Å²) in [5, 5.41) is 3.31. The van der Waals surface area contributed by atoms with Gasteiger partial charge < -0.3 is 14.8 Å². The Hall–Kier alpha value is -2.00. The Morgan fingerprint density at radius 2 is 1.65 bits per heavy atom. The lowest BCUT2D eigenvalue weighted by molar-refractivity contribution is 0.305. The van der Waals surface area contributed by atoms with Gasteiger partial charge in [0.2, 0.25) is 0 Å². The molecule has 0 saturated carbocycles. The Kier molecular flexibility index (Phi) is 5.44. The topological polar surface area (TPSA) is 30.5 Å². The SMILES string of the molecule is CCNCc1cccc(OCc2cccc(OC)c2)c1. The lowest BCUT2D eigenvalue weighted by Gasteiger charge is -2.09. The molecule has 0 saturated heterocycles. The summed E-state index contributed by atoms with van der Waals surface area (Å²) in [6.07, 6.45) is 0. The highest BCUT2D eigenvalue weighted by molar-refractivity contribution is 5.30. The summed E-state index contributed by atoms with van der Waals surface area (Å²) in [5.41, 5.74) is 2.33. The van der Waals surface area contributed by atoms with E-state index in [-0.39, 0.29) is 0 Å². The third-order valence-corrected chi connectivity index (χ3v) is 3.02. The molecule has 2 rings (SSSR count). The zero-order chi connectivity index (χ0) is 14.2. The lowest BCUT2D eigenvalue weighted by Crippen LogP contribution is -2.11. The zero-order valence-electron chi connectivity index (χ0n) is 12.1. The van der Waals surface area contributed by atoms with Gasteiger partial charge in [-0.1, -0.05) is 31.2 Å². The van der Waals surface area contributed by atoms with Gasteiger partial charge in [0.15, 0.2) is 0 Å². The van der Waals surface area contributed by atoms with E-state index in [1.54, 1.807) is 7.11 Å². The second-order valence-electron chi connectivity index (χ2n) is 4.57. The highest BCUT2D eigenvalue weighted by atomic mass is 16.5. The van der Waals surface area contributed by atoms with Crippen molar-refractivity contribution < 1.29 is 9.47 Å². The molecule has 0 amide bonds. The second-order valence-corrected chi connectivity index (χ2v) is 4.57. The van der Waals surface area contributed by atoms with E-state index in [0.717, 1.165) is 30.2 Å². The van der Waals surface area contributed by atoms with E-state index in [1.807, 2.05) is 36.4 Å². The number of ether oxygens (including phenoxy) is 2. The first kappa shape index (κ1) is 14.4. The summed E-state index contributed by atoms with van der Waals surface area (Å²) in [6, 6.07) is 16.1. The molecule has 20 heavy (non-hydrogen) atoms. The molecule has 2 aromatic rings. The molecule has 0 spiro atoms. The summed E-state index contributed by atoms with van der Waals surface area (Å²) in [7, 11) is 1.67. The van der Waals surface area contributed by atoms with Gasteiger partial charge in [-0.05, 0) is 41.9 Å². The predicted molar refractivity (Wildman–Crippen MR) is 81.1 cm³/mol. The summed E-state index contributed by atoms with van der Waals surface area (Å²) in [6.45, 7) is 4.48. The Morgan fingerprint density at radius 1 is 0.950 bits per heavy atom. The fourth-order valence-corrected chi connectivity index (χ4v) is 1.94. The van der Waals surface area contributed by atoms with E-state index in [4.69, 9.17) is 9.47 Å². The van der Waals surface area contributed by atoms with E-state index < -0.39 is 0 Å². The molecule has 106 valence electrons. The molecule has 0 unspecified atom stereocenters. The average molecular weight is 271 g/mol. The van der Waals surface area contributed by atoms with E-state index in [1.165, 1.54) is 5.56 Å². The van der Waals surface area contributed by atoms with Gasteiger partial charge in [0.1, 0.15) is 18.1 Å². The number of benzene rings is 2. The molecular formula is C17H21NO2. The maximum atomic E-state index is 5.83. The molecule has 1 N–H and O–H groups in total. The largest absolute Gasteiger partial charge is 0.497 e. The van der Waals surface area contributed by atoms with Crippen molar-refractivity contribution in [3.05, 3.63) is 59.7 Å². The minimum absolute atomic E-state index is 0.544. The lowest BCUT2D eigenvalue weighted by atomic mass is 10.2. The molecule has 0 radical (unpaired) electrons. The fourth-order valence-electron chi connectivity index (χ4n) is 1.94. The highest BCUT2D eigenvalue weighted by Gasteiger charge is 1.99. The van der Waals surface area contributed by atoms with Gasteiger partial charge in [0.05, 0.1) is 7.11 Å². The minimum Gasteiger partial charge on any atom is -0.497 e. The standard InChI is InChI=1S/C17H21NO2/c1-3-18-12-14-6-4-9-17(10-14)20-13-15-7-5-8-16(11-15)19-2/h4-11,18H,3,12-13H2,1-2H3. The third-order valence-electron chi connectivity index (χ3n) is 3.02. The van der Waals surface area contributed by atoms with Crippen LogP contribution in [0.5, 0.6) is 11.5 Å². The molecule has 3 heteroatoms. The summed E-state index contributed by atoms with van der Waals surface area (Å²) < 4.78 is 11.0. The van der Waals surface area contributed by atoms with Gasteiger partial charge in [-0.2, -0.15) is 0 Å². The Morgan fingerprint density at radius 3 is 2.40 bits per heavy atom. The normalized spacial score (nSPS) is 10.3. The zero-order valence-corrected chi connectivity index (χ0v) is 12.1. The second kappa shape index (κ2) is 7.56. The van der Waals surface area contributed by atoms with Crippen molar-refractivity contribution in [2.75, 3.05) is 13.7 Å². The molecule has 0 aromatic heterocycles. The van der Waals surface area contributed by atoms with Crippen LogP contribution < -0.4 is 14.8 Å². The number of rotatable bonds is 7. The van der Waals surface area contributed by atoms with Crippen LogP contribution in [0.25, 0.3) is 0 Å². The van der Waals surface area contributed by atoms with Crippen LogP contribution in [0.4, 0.5) is 0 Å². The monoisotopic (exact) mass is 271 g/mol. The van der Waals surface area contributed by atoms with E-state index in [9.17, 15) is 0 Å². The first-order valence-corrected chi connectivity index (χ1v) is 6.87. The van der Waals surface area contributed by atoms with Crippen LogP contribution in [0.2, 0.25) is 0 Å². The quantitative estimate of drug-likeness (QED) is 0.837. The summed E-state index contributed by atoms with van der Waals surface area (Å²) >= 11 is 0. The average Bonchev–Trinajstić information content (AvgIpc) is 2.51. The van der Waals surface area contributed by atoms with Crippen molar-refractivity contribution in [1.82, 2.24) is 5.32 Å². The van der Waals surface area contributed by atoms with E-state index >= 15 is 0 Å². The molecular weight excluding hydrogens is 250 g/mol. The number of nitrogens with one attached hydrogen (secondary N) is 1. The van der Waals surface area contributed by atoms with Crippen LogP contribution in [0.1, 0.15) is 18.1 Å². The first-order valence-electron chi connectivity index (χ1n) is 6.87. The molecule has 2 aromatic carbocycles. The molecule has 0 heterocycles. The van der Waals surface area contributed by atoms with E-state index in [0.29, 0.717) is 6.61 Å². The maximum absolute atomic E-state index is 5.83. The van der Waals surface area contributed by atoms with Crippen molar-refractivity contribution in [3.63, 3.8) is 0 Å². The molecule has 0 fully saturated rings. The van der Waals surface area contributed by atoms with Crippen LogP contribution in [0.3, 0.4) is 0 Å². The minimum atomic E-state index is 0.544. The van der Waals surface area contributed by atoms with Crippen LogP contribution in [0.15, 0.2) is 48.5 Å². The molecule has 0 atom stereocenters. The van der Waals surface area contributed by atoms with Gasteiger partial charge in [-0.3, -0.25) is 0 Å². The van der Waals surface area contributed by atoms with Crippen LogP contribution in [-0.2, 0) is 13.2 Å². The fraction of sp³-hybridized carbons (Fsp3) is 0.294. The van der Waals surface area contributed by atoms with Crippen LogP contribution >= 0.6 is 0 Å². The Labute approximate surface area is 120 Å². The van der Waals surface area contributed by atoms with Gasteiger partial charge in [0, 0.05) is 6.54 Å². The molecule has 0 bridgehead atoms. The molecule has 0 aliphatic heterocycles. The smallest absolute Gasteiger partial charge is 0.120 e. The van der Waals surface area contributed by atoms with Crippen molar-refractivity contribution in [2.45, 2.75) is 20.1 Å². The number of hydrogen-bond acceptors (Lipinski definition) is 3. The van der Waals surface area contributed by atoms with Gasteiger partial charge in [-0.25, -0.2) is 0 Å². The van der Waals surface area contributed by atoms with Crippen molar-refractivity contribution in [2.24, 2.45) is 0 Å². The summed E-state index contributed by atoms with van der Waals surface area (Å²) in [5.74, 6) is 1.75. The molecule has 0 aliphatic rings. The first-order chi connectivity index (χ1) is 9.81. The van der Waals surface area contributed by atoms with Crippen molar-refractivity contribution >= 4 is 0 Å². The third kappa shape index (κ3) is 4.28. The molecule has 0 aliphatic carbocycles. The summed E-state index contributed by atoms with van der Waals surface area (Å²) in [4.78, 5) is 0. The van der Waals surface area contributed by atoms with Crippen molar-refractivity contribution in [1.29, 1.82) is 0 Å². The maximum Gasteiger partial charge on any atom is 0.120 e. The van der Waals surface area contributed by atoms with Crippen molar-refractivity contribution in [3.8, 4) is 11.5 Å². The van der Waals surface area contributed by atoms with Gasteiger partial charge in [0.25, 0.3) is 0 Å². The highest BCUT2D eigenvalue weighted by Crippen LogP contribution is 2.17. The van der Waals surface area contributed by atoms with E-state index in [2.05, 4.69) is 24.4 Å².